The Morgan fingerprint density at radius 3 is 3.06 bits per heavy atom. The minimum Gasteiger partial charge on any atom is -0.482 e. The lowest BCUT2D eigenvalue weighted by Crippen LogP contribution is -2.35. The summed E-state index contributed by atoms with van der Waals surface area (Å²) in [5, 5.41) is 8.68. The number of ether oxygens (including phenoxy) is 1. The van der Waals surface area contributed by atoms with Crippen LogP contribution in [0.15, 0.2) is 18.2 Å². The topological polar surface area (TPSA) is 56.6 Å². The maximum Gasteiger partial charge on any atom is 0.264 e. The van der Waals surface area contributed by atoms with Crippen LogP contribution in [0, 0.1) is 11.5 Å². The van der Waals surface area contributed by atoms with Gasteiger partial charge in [-0.1, -0.05) is 6.07 Å². The molecule has 0 radical (unpaired) electrons. The van der Waals surface area contributed by atoms with E-state index >= 15 is 0 Å². The highest BCUT2D eigenvalue weighted by molar-refractivity contribution is 5.97. The Hall–Kier alpha value is -2.22. The number of carbonyl (C=O) groups is 1. The molecule has 0 atom stereocenters. The lowest BCUT2D eigenvalue weighted by molar-refractivity contribution is -0.120. The van der Waals surface area contributed by atoms with Gasteiger partial charge in [-0.25, -0.2) is 0 Å². The van der Waals surface area contributed by atoms with Crippen LogP contribution in [0.4, 0.5) is 5.69 Å². The fraction of sp³-hybridized carbons (Fsp3) is 0.385. The third kappa shape index (κ3) is 2.38. The molecular weight excluding hydrogens is 230 g/mol. The molecule has 1 aliphatic heterocycles. The monoisotopic (exact) mass is 245 g/mol. The number of hydrogen-bond donors (Lipinski definition) is 0. The van der Waals surface area contributed by atoms with E-state index in [1.807, 2.05) is 18.2 Å². The van der Waals surface area contributed by atoms with Gasteiger partial charge in [0.05, 0.1) is 5.69 Å². The Balaban J connectivity index is 2.16. The van der Waals surface area contributed by atoms with Gasteiger partial charge in [-0.3, -0.25) is 4.79 Å². The number of anilines is 1. The minimum absolute atomic E-state index is 0.0474. The Kier molecular flexibility index (Phi) is 3.38. The van der Waals surface area contributed by atoms with Crippen molar-refractivity contribution in [3.8, 4) is 11.9 Å². The van der Waals surface area contributed by atoms with Crippen molar-refractivity contribution >= 4 is 11.6 Å². The number of likely N-dealkylation sites (N-methyl/N-ethyl adjacent to an activating group) is 2. The molecule has 0 N–H and O–H groups in total. The molecule has 0 bridgehead atoms. The predicted octanol–water partition coefficient (Wildman–Crippen LogP) is 0.997. The maximum absolute atomic E-state index is 11.5. The zero-order chi connectivity index (χ0) is 13.1. The van der Waals surface area contributed by atoms with Crippen LogP contribution >= 0.6 is 0 Å². The standard InChI is InChI=1S/C13H15N3O2/c1-15(9-14)6-5-10-3-4-12-11(7-10)16(2)13(17)8-18-12/h3-4,7H,5-6,8H2,1-2H3. The molecule has 0 aliphatic carbocycles. The van der Waals surface area contributed by atoms with Crippen molar-refractivity contribution in [1.82, 2.24) is 4.90 Å². The SMILES string of the molecule is CN(C#N)CCc1ccc2c(c1)N(C)C(=O)CO2. The molecule has 5 heteroatoms. The van der Waals surface area contributed by atoms with Gasteiger partial charge in [0.25, 0.3) is 5.91 Å². The first kappa shape index (κ1) is 12.2. The lowest BCUT2D eigenvalue weighted by atomic mass is 10.1. The molecule has 0 fully saturated rings. The number of amides is 1. The van der Waals surface area contributed by atoms with Crippen molar-refractivity contribution in [1.29, 1.82) is 5.26 Å². The van der Waals surface area contributed by atoms with E-state index in [9.17, 15) is 4.79 Å². The summed E-state index contributed by atoms with van der Waals surface area (Å²) in [6, 6.07) is 5.78. The van der Waals surface area contributed by atoms with Crippen molar-refractivity contribution in [3.63, 3.8) is 0 Å². The van der Waals surface area contributed by atoms with E-state index in [4.69, 9.17) is 10.00 Å². The first-order valence-electron chi connectivity index (χ1n) is 5.75. The second-order valence-electron chi connectivity index (χ2n) is 4.32. The largest absolute Gasteiger partial charge is 0.482 e. The number of carbonyl (C=O) groups excluding carboxylic acids is 1. The van der Waals surface area contributed by atoms with Crippen molar-refractivity contribution in [2.24, 2.45) is 0 Å². The van der Waals surface area contributed by atoms with Crippen LogP contribution < -0.4 is 9.64 Å². The van der Waals surface area contributed by atoms with Crippen LogP contribution in [-0.4, -0.2) is 38.1 Å². The van der Waals surface area contributed by atoms with Gasteiger partial charge in [-0.05, 0) is 24.1 Å². The van der Waals surface area contributed by atoms with Crippen molar-refractivity contribution in [2.45, 2.75) is 6.42 Å². The van der Waals surface area contributed by atoms with Crippen molar-refractivity contribution in [2.75, 3.05) is 32.1 Å². The van der Waals surface area contributed by atoms with E-state index in [-0.39, 0.29) is 12.5 Å². The Morgan fingerprint density at radius 2 is 2.33 bits per heavy atom. The summed E-state index contributed by atoms with van der Waals surface area (Å²) < 4.78 is 5.35. The summed E-state index contributed by atoms with van der Waals surface area (Å²) >= 11 is 0. The van der Waals surface area contributed by atoms with E-state index < -0.39 is 0 Å². The molecule has 18 heavy (non-hydrogen) atoms. The van der Waals surface area contributed by atoms with Crippen LogP contribution in [0.2, 0.25) is 0 Å². The van der Waals surface area contributed by atoms with Gasteiger partial charge in [0, 0.05) is 20.6 Å². The molecule has 1 amide bonds. The highest BCUT2D eigenvalue weighted by Crippen LogP contribution is 2.31. The first-order chi connectivity index (χ1) is 8.61. The van der Waals surface area contributed by atoms with E-state index in [1.54, 1.807) is 23.9 Å². The molecule has 94 valence electrons. The molecule has 1 aromatic carbocycles. The third-order valence-corrected chi connectivity index (χ3v) is 3.02. The van der Waals surface area contributed by atoms with Gasteiger partial charge in [0.1, 0.15) is 5.75 Å². The fourth-order valence-electron chi connectivity index (χ4n) is 1.82. The van der Waals surface area contributed by atoms with Crippen LogP contribution in [0.5, 0.6) is 5.75 Å². The summed E-state index contributed by atoms with van der Waals surface area (Å²) in [5.74, 6) is 0.684. The quantitative estimate of drug-likeness (QED) is 0.589. The molecule has 0 aromatic heterocycles. The summed E-state index contributed by atoms with van der Waals surface area (Å²) in [6.45, 7) is 0.758. The van der Waals surface area contributed by atoms with E-state index in [0.717, 1.165) is 23.4 Å². The Labute approximate surface area is 106 Å². The summed E-state index contributed by atoms with van der Waals surface area (Å²) in [6.07, 6.45) is 2.82. The molecule has 1 aliphatic rings. The average molecular weight is 245 g/mol. The second kappa shape index (κ2) is 4.96. The number of nitriles is 1. The minimum atomic E-state index is -0.0474. The average Bonchev–Trinajstić information content (AvgIpc) is 2.40. The van der Waals surface area contributed by atoms with E-state index in [0.29, 0.717) is 6.54 Å². The lowest BCUT2D eigenvalue weighted by Gasteiger charge is -2.26. The molecular formula is C13H15N3O2. The van der Waals surface area contributed by atoms with Gasteiger partial charge in [-0.15, -0.1) is 0 Å². The van der Waals surface area contributed by atoms with E-state index in [2.05, 4.69) is 6.19 Å². The van der Waals surface area contributed by atoms with E-state index in [1.165, 1.54) is 0 Å². The number of rotatable bonds is 3. The number of hydrogen-bond acceptors (Lipinski definition) is 4. The summed E-state index contributed by atoms with van der Waals surface area (Å²) in [7, 11) is 3.49. The normalized spacial score (nSPS) is 13.6. The highest BCUT2D eigenvalue weighted by atomic mass is 16.5. The summed E-state index contributed by atoms with van der Waals surface area (Å²) in [5.41, 5.74) is 1.88. The molecule has 0 spiro atoms. The first-order valence-corrected chi connectivity index (χ1v) is 5.75. The Bertz CT molecular complexity index is 507. The van der Waals surface area contributed by atoms with Crippen LogP contribution in [-0.2, 0) is 11.2 Å². The molecule has 0 saturated heterocycles. The number of benzene rings is 1. The van der Waals surface area contributed by atoms with Gasteiger partial charge >= 0.3 is 0 Å². The van der Waals surface area contributed by atoms with Crippen LogP contribution in [0.1, 0.15) is 5.56 Å². The van der Waals surface area contributed by atoms with Gasteiger partial charge < -0.3 is 14.5 Å². The van der Waals surface area contributed by atoms with Gasteiger partial charge in [-0.2, -0.15) is 5.26 Å². The smallest absolute Gasteiger partial charge is 0.264 e. The van der Waals surface area contributed by atoms with Crippen molar-refractivity contribution < 1.29 is 9.53 Å². The molecule has 1 aromatic rings. The number of fused-ring (bicyclic) bond motifs is 1. The second-order valence-corrected chi connectivity index (χ2v) is 4.32. The molecule has 1 heterocycles. The predicted molar refractivity (Wildman–Crippen MR) is 67.3 cm³/mol. The highest BCUT2D eigenvalue weighted by Gasteiger charge is 2.22. The zero-order valence-electron chi connectivity index (χ0n) is 10.5. The van der Waals surface area contributed by atoms with Crippen LogP contribution in [0.25, 0.3) is 0 Å². The van der Waals surface area contributed by atoms with Crippen LogP contribution in [0.3, 0.4) is 0 Å². The third-order valence-electron chi connectivity index (χ3n) is 3.02. The zero-order valence-corrected chi connectivity index (χ0v) is 10.5. The molecule has 0 saturated carbocycles. The Morgan fingerprint density at radius 1 is 1.56 bits per heavy atom. The maximum atomic E-state index is 11.5. The van der Waals surface area contributed by atoms with Gasteiger partial charge in [0.15, 0.2) is 12.8 Å². The number of nitrogens with zero attached hydrogens (tertiary/aromatic N) is 3. The van der Waals surface area contributed by atoms with Gasteiger partial charge in [0.2, 0.25) is 0 Å². The summed E-state index contributed by atoms with van der Waals surface area (Å²) in [4.78, 5) is 14.7. The van der Waals surface area contributed by atoms with Crippen molar-refractivity contribution in [3.05, 3.63) is 23.8 Å². The molecule has 5 nitrogen and oxygen atoms in total. The molecule has 2 rings (SSSR count). The fourth-order valence-corrected chi connectivity index (χ4v) is 1.82. The molecule has 0 unspecified atom stereocenters.